The van der Waals surface area contributed by atoms with Gasteiger partial charge in [0.1, 0.15) is 6.61 Å². The summed E-state index contributed by atoms with van der Waals surface area (Å²) in [6, 6.07) is 0. The Morgan fingerprint density at radius 2 is 1.56 bits per heavy atom. The van der Waals surface area contributed by atoms with Crippen molar-refractivity contribution in [2.24, 2.45) is 0 Å². The van der Waals surface area contributed by atoms with Gasteiger partial charge in [-0.05, 0) is 6.92 Å². The van der Waals surface area contributed by atoms with Crippen LogP contribution in [0.1, 0.15) is 6.92 Å². The van der Waals surface area contributed by atoms with Crippen LogP contribution in [0.4, 0.5) is 0 Å². The van der Waals surface area contributed by atoms with E-state index in [0.29, 0.717) is 39.6 Å². The molecule has 0 saturated carbocycles. The Bertz CT molecular complexity index is 165. The third-order valence-electron chi connectivity index (χ3n) is 1.49. The van der Waals surface area contributed by atoms with Gasteiger partial charge < -0.3 is 18.9 Å². The first-order chi connectivity index (χ1) is 7.81. The second-order valence-corrected chi connectivity index (χ2v) is 3.56. The second-order valence-electron chi connectivity index (χ2n) is 2.77. The zero-order valence-corrected chi connectivity index (χ0v) is 11.2. The van der Waals surface area contributed by atoms with Crippen molar-refractivity contribution in [3.8, 4) is 0 Å². The Morgan fingerprint density at radius 1 is 1.00 bits per heavy atom. The lowest BCUT2D eigenvalue weighted by atomic mass is 10.7. The molecule has 0 unspecified atom stereocenters. The summed E-state index contributed by atoms with van der Waals surface area (Å²) in [5.74, 6) is -0.344. The normalized spacial score (nSPS) is 10.4. The van der Waals surface area contributed by atoms with Crippen molar-refractivity contribution >= 4 is 21.9 Å². The number of alkyl halides is 1. The summed E-state index contributed by atoms with van der Waals surface area (Å²) >= 11 is 3.25. The number of carbonyl (C=O) groups excluding carboxylic acids is 1. The van der Waals surface area contributed by atoms with Crippen molar-refractivity contribution in [3.63, 3.8) is 0 Å². The zero-order chi connectivity index (χ0) is 12.1. The first-order valence-corrected chi connectivity index (χ1v) is 6.38. The first kappa shape index (κ1) is 15.8. The number of hydrogen-bond donors (Lipinski definition) is 0. The summed E-state index contributed by atoms with van der Waals surface area (Å²) < 4.78 is 20.1. The fraction of sp³-hybridized carbons (Fsp3) is 0.900. The van der Waals surface area contributed by atoms with E-state index < -0.39 is 0 Å². The average molecular weight is 299 g/mol. The molecule has 0 aromatic heterocycles. The molecule has 0 aliphatic rings. The van der Waals surface area contributed by atoms with Crippen LogP contribution in [0, 0.1) is 0 Å². The molecule has 0 fully saturated rings. The third-order valence-corrected chi connectivity index (χ3v) is 1.81. The van der Waals surface area contributed by atoms with Crippen LogP contribution in [0.2, 0.25) is 0 Å². The lowest BCUT2D eigenvalue weighted by Crippen LogP contribution is -2.16. The number of ether oxygens (including phenoxy) is 4. The van der Waals surface area contributed by atoms with E-state index in [1.165, 1.54) is 0 Å². The summed E-state index contributed by atoms with van der Waals surface area (Å²) in [4.78, 5) is 10.8. The Morgan fingerprint density at radius 3 is 2.12 bits per heavy atom. The molecular formula is C10H19BrO5. The summed E-state index contributed by atoms with van der Waals surface area (Å²) in [5.41, 5.74) is 0. The molecule has 0 heterocycles. The van der Waals surface area contributed by atoms with Gasteiger partial charge in [0.15, 0.2) is 0 Å². The minimum Gasteiger partial charge on any atom is -0.464 e. The van der Waals surface area contributed by atoms with E-state index in [1.54, 1.807) is 6.92 Å². The van der Waals surface area contributed by atoms with Gasteiger partial charge in [0, 0.05) is 5.33 Å². The fourth-order valence-corrected chi connectivity index (χ4v) is 1.08. The van der Waals surface area contributed by atoms with Crippen molar-refractivity contribution in [3.05, 3.63) is 0 Å². The van der Waals surface area contributed by atoms with Crippen LogP contribution in [0.5, 0.6) is 0 Å². The van der Waals surface area contributed by atoms with Crippen LogP contribution in [-0.4, -0.2) is 57.5 Å². The maximum atomic E-state index is 10.8. The van der Waals surface area contributed by atoms with Crippen LogP contribution < -0.4 is 0 Å². The number of halogens is 1. The summed E-state index contributed by atoms with van der Waals surface area (Å²) in [6.07, 6.45) is 0. The van der Waals surface area contributed by atoms with Gasteiger partial charge in [-0.25, -0.2) is 4.79 Å². The molecule has 0 rings (SSSR count). The molecular weight excluding hydrogens is 280 g/mol. The van der Waals surface area contributed by atoms with Crippen LogP contribution in [0.3, 0.4) is 0 Å². The van der Waals surface area contributed by atoms with Gasteiger partial charge in [0.2, 0.25) is 0 Å². The molecule has 6 heteroatoms. The van der Waals surface area contributed by atoms with E-state index in [0.717, 1.165) is 5.33 Å². The topological polar surface area (TPSA) is 54.0 Å². The Kier molecular flexibility index (Phi) is 12.8. The summed E-state index contributed by atoms with van der Waals surface area (Å²) in [6.45, 7) is 4.76. The van der Waals surface area contributed by atoms with Crippen LogP contribution in [-0.2, 0) is 23.7 Å². The molecule has 0 saturated heterocycles. The van der Waals surface area contributed by atoms with Gasteiger partial charge >= 0.3 is 5.97 Å². The van der Waals surface area contributed by atoms with Gasteiger partial charge in [-0.1, -0.05) is 15.9 Å². The predicted molar refractivity (Wildman–Crippen MR) is 62.9 cm³/mol. The fourth-order valence-electron chi connectivity index (χ4n) is 0.853. The summed E-state index contributed by atoms with van der Waals surface area (Å²) in [7, 11) is 0. The molecule has 0 aliphatic carbocycles. The van der Waals surface area contributed by atoms with E-state index >= 15 is 0 Å². The molecule has 0 N–H and O–H groups in total. The Labute approximate surface area is 105 Å². The molecule has 0 atom stereocenters. The highest BCUT2D eigenvalue weighted by molar-refractivity contribution is 9.09. The van der Waals surface area contributed by atoms with E-state index in [2.05, 4.69) is 20.7 Å². The standard InChI is InChI=1S/C10H19BrO5/c1-2-16-10(12)9-15-8-7-14-6-5-13-4-3-11/h2-9H2,1H3. The molecule has 5 nitrogen and oxygen atoms in total. The number of hydrogen-bond acceptors (Lipinski definition) is 5. The number of rotatable bonds is 11. The van der Waals surface area contributed by atoms with E-state index in [1.807, 2.05) is 0 Å². The molecule has 96 valence electrons. The van der Waals surface area contributed by atoms with Gasteiger partial charge in [-0.3, -0.25) is 0 Å². The van der Waals surface area contributed by atoms with Gasteiger partial charge in [-0.2, -0.15) is 0 Å². The van der Waals surface area contributed by atoms with Crippen molar-refractivity contribution in [1.82, 2.24) is 0 Å². The van der Waals surface area contributed by atoms with E-state index in [4.69, 9.17) is 14.2 Å². The zero-order valence-electron chi connectivity index (χ0n) is 9.58. The first-order valence-electron chi connectivity index (χ1n) is 5.26. The Hall–Kier alpha value is -0.170. The summed E-state index contributed by atoms with van der Waals surface area (Å²) in [5, 5.41) is 0.829. The molecule has 0 aromatic rings. The SMILES string of the molecule is CCOC(=O)COCCOCCOCCBr. The van der Waals surface area contributed by atoms with Crippen LogP contribution >= 0.6 is 15.9 Å². The van der Waals surface area contributed by atoms with Gasteiger partial charge in [0.25, 0.3) is 0 Å². The number of esters is 1. The molecule has 0 radical (unpaired) electrons. The maximum absolute atomic E-state index is 10.8. The largest absolute Gasteiger partial charge is 0.464 e. The third kappa shape index (κ3) is 11.9. The van der Waals surface area contributed by atoms with E-state index in [9.17, 15) is 4.79 Å². The average Bonchev–Trinajstić information content (AvgIpc) is 2.27. The highest BCUT2D eigenvalue weighted by Gasteiger charge is 2.00. The van der Waals surface area contributed by atoms with Gasteiger partial charge in [0.05, 0.1) is 39.6 Å². The molecule has 0 aromatic carbocycles. The predicted octanol–water partition coefficient (Wildman–Crippen LogP) is 0.994. The molecule has 0 spiro atoms. The maximum Gasteiger partial charge on any atom is 0.332 e. The lowest BCUT2D eigenvalue weighted by molar-refractivity contribution is -0.148. The minimum absolute atomic E-state index is 0.0166. The highest BCUT2D eigenvalue weighted by atomic mass is 79.9. The minimum atomic E-state index is -0.344. The van der Waals surface area contributed by atoms with Crippen LogP contribution in [0.15, 0.2) is 0 Å². The highest BCUT2D eigenvalue weighted by Crippen LogP contribution is 1.85. The van der Waals surface area contributed by atoms with Crippen molar-refractivity contribution in [2.45, 2.75) is 6.92 Å². The smallest absolute Gasteiger partial charge is 0.332 e. The van der Waals surface area contributed by atoms with Gasteiger partial charge in [-0.15, -0.1) is 0 Å². The lowest BCUT2D eigenvalue weighted by Gasteiger charge is -2.05. The molecule has 0 bridgehead atoms. The van der Waals surface area contributed by atoms with Crippen molar-refractivity contribution in [1.29, 1.82) is 0 Å². The molecule has 0 amide bonds. The Balaban J connectivity index is 3.01. The van der Waals surface area contributed by atoms with Crippen LogP contribution in [0.25, 0.3) is 0 Å². The second kappa shape index (κ2) is 12.9. The monoisotopic (exact) mass is 298 g/mol. The van der Waals surface area contributed by atoms with Crippen molar-refractivity contribution in [2.75, 3.05) is 51.6 Å². The van der Waals surface area contributed by atoms with E-state index in [-0.39, 0.29) is 12.6 Å². The van der Waals surface area contributed by atoms with Crippen molar-refractivity contribution < 1.29 is 23.7 Å². The number of carbonyl (C=O) groups is 1. The molecule has 0 aliphatic heterocycles. The quantitative estimate of drug-likeness (QED) is 0.323. The molecule has 16 heavy (non-hydrogen) atoms.